The van der Waals surface area contributed by atoms with Crippen molar-refractivity contribution in [3.63, 3.8) is 0 Å². The molecule has 0 bridgehead atoms. The zero-order chi connectivity index (χ0) is 14.4. The molecule has 2 N–H and O–H groups in total. The third-order valence-electron chi connectivity index (χ3n) is 4.90. The molecule has 116 valence electrons. The number of piperidine rings is 1. The van der Waals surface area contributed by atoms with E-state index in [1.807, 2.05) is 6.92 Å². The molecule has 2 heterocycles. The Balaban J connectivity index is 1.68. The number of hydrogen-bond donors (Lipinski definition) is 1. The molecule has 2 rings (SSSR count). The highest BCUT2D eigenvalue weighted by molar-refractivity contribution is 5.78. The van der Waals surface area contributed by atoms with E-state index in [0.29, 0.717) is 12.5 Å². The number of rotatable bonds is 6. The van der Waals surface area contributed by atoms with Crippen LogP contribution in [0.15, 0.2) is 0 Å². The van der Waals surface area contributed by atoms with E-state index in [1.54, 1.807) is 0 Å². The molecule has 1 atom stereocenters. The minimum Gasteiger partial charge on any atom is -0.342 e. The van der Waals surface area contributed by atoms with Crippen LogP contribution in [0.2, 0.25) is 0 Å². The van der Waals surface area contributed by atoms with Gasteiger partial charge in [-0.2, -0.15) is 0 Å². The highest BCUT2D eigenvalue weighted by atomic mass is 16.2. The van der Waals surface area contributed by atoms with Crippen molar-refractivity contribution in [2.24, 2.45) is 17.6 Å². The molecule has 4 nitrogen and oxygen atoms in total. The summed E-state index contributed by atoms with van der Waals surface area (Å²) < 4.78 is 0. The maximum Gasteiger partial charge on any atom is 0.225 e. The zero-order valence-electron chi connectivity index (χ0n) is 13.0. The third kappa shape index (κ3) is 4.45. The minimum atomic E-state index is 0.147. The number of carbonyl (C=O) groups is 1. The van der Waals surface area contributed by atoms with Crippen molar-refractivity contribution in [2.75, 3.05) is 39.3 Å². The van der Waals surface area contributed by atoms with E-state index in [2.05, 4.69) is 9.80 Å². The van der Waals surface area contributed by atoms with Crippen molar-refractivity contribution in [3.05, 3.63) is 0 Å². The second kappa shape index (κ2) is 7.99. The van der Waals surface area contributed by atoms with Gasteiger partial charge in [-0.25, -0.2) is 0 Å². The van der Waals surface area contributed by atoms with Gasteiger partial charge in [-0.15, -0.1) is 0 Å². The summed E-state index contributed by atoms with van der Waals surface area (Å²) in [4.78, 5) is 17.0. The van der Waals surface area contributed by atoms with Crippen molar-refractivity contribution in [3.8, 4) is 0 Å². The summed E-state index contributed by atoms with van der Waals surface area (Å²) in [6.07, 6.45) is 7.01. The minimum absolute atomic E-state index is 0.147. The van der Waals surface area contributed by atoms with E-state index in [-0.39, 0.29) is 5.92 Å². The molecular formula is C16H31N3O. The summed E-state index contributed by atoms with van der Waals surface area (Å²) in [5.41, 5.74) is 5.52. The number of nitrogens with two attached hydrogens (primary N) is 1. The van der Waals surface area contributed by atoms with Gasteiger partial charge in [0.25, 0.3) is 0 Å². The van der Waals surface area contributed by atoms with E-state index >= 15 is 0 Å². The highest BCUT2D eigenvalue weighted by Gasteiger charge is 2.27. The number of nitrogens with zero attached hydrogens (tertiary/aromatic N) is 2. The molecule has 0 aromatic carbocycles. The highest BCUT2D eigenvalue weighted by Crippen LogP contribution is 2.22. The molecule has 1 unspecified atom stereocenters. The van der Waals surface area contributed by atoms with Gasteiger partial charge in [0.15, 0.2) is 0 Å². The van der Waals surface area contributed by atoms with Crippen LogP contribution in [0.1, 0.15) is 45.4 Å². The van der Waals surface area contributed by atoms with Crippen LogP contribution in [-0.2, 0) is 4.79 Å². The summed E-state index contributed by atoms with van der Waals surface area (Å²) in [7, 11) is 0. The monoisotopic (exact) mass is 281 g/mol. The number of hydrogen-bond acceptors (Lipinski definition) is 3. The first-order valence-electron chi connectivity index (χ1n) is 8.42. The first-order chi connectivity index (χ1) is 9.70. The summed E-state index contributed by atoms with van der Waals surface area (Å²) in [5, 5.41) is 0. The second-order valence-electron chi connectivity index (χ2n) is 6.61. The van der Waals surface area contributed by atoms with Gasteiger partial charge >= 0.3 is 0 Å². The van der Waals surface area contributed by atoms with Crippen molar-refractivity contribution in [1.82, 2.24) is 9.80 Å². The van der Waals surface area contributed by atoms with Crippen LogP contribution in [0.4, 0.5) is 0 Å². The lowest BCUT2D eigenvalue weighted by Crippen LogP contribution is -2.43. The fourth-order valence-electron chi connectivity index (χ4n) is 3.53. The Morgan fingerprint density at radius 2 is 1.85 bits per heavy atom. The van der Waals surface area contributed by atoms with E-state index in [9.17, 15) is 4.79 Å². The SMILES string of the molecule is CC(CCCN)C(=O)N1CCC(CN2CCCC2)CC1. The van der Waals surface area contributed by atoms with Crippen LogP contribution in [0.3, 0.4) is 0 Å². The van der Waals surface area contributed by atoms with Crippen LogP contribution < -0.4 is 5.73 Å². The Morgan fingerprint density at radius 3 is 2.45 bits per heavy atom. The number of likely N-dealkylation sites (tertiary alicyclic amines) is 2. The number of amides is 1. The largest absolute Gasteiger partial charge is 0.342 e. The van der Waals surface area contributed by atoms with Gasteiger partial charge < -0.3 is 15.5 Å². The van der Waals surface area contributed by atoms with Crippen molar-refractivity contribution in [2.45, 2.75) is 45.4 Å². The molecule has 0 saturated carbocycles. The smallest absolute Gasteiger partial charge is 0.225 e. The molecule has 0 aromatic rings. The average Bonchev–Trinajstić information content (AvgIpc) is 2.97. The Kier molecular flexibility index (Phi) is 6.30. The topological polar surface area (TPSA) is 49.6 Å². The predicted molar refractivity (Wildman–Crippen MR) is 82.4 cm³/mol. The van der Waals surface area contributed by atoms with E-state index in [0.717, 1.165) is 31.8 Å². The standard InChI is InChI=1S/C16H31N3O/c1-14(5-4-8-17)16(20)19-11-6-15(7-12-19)13-18-9-2-3-10-18/h14-15H,2-13,17H2,1H3. The van der Waals surface area contributed by atoms with Gasteiger partial charge in [0.05, 0.1) is 0 Å². The van der Waals surface area contributed by atoms with E-state index < -0.39 is 0 Å². The average molecular weight is 281 g/mol. The molecule has 0 spiro atoms. The molecule has 4 heteroatoms. The molecule has 0 aliphatic carbocycles. The lowest BCUT2D eigenvalue weighted by molar-refractivity contribution is -0.136. The van der Waals surface area contributed by atoms with Gasteiger partial charge in [-0.3, -0.25) is 4.79 Å². The first kappa shape index (κ1) is 15.8. The van der Waals surface area contributed by atoms with Gasteiger partial charge in [0.2, 0.25) is 5.91 Å². The summed E-state index contributed by atoms with van der Waals surface area (Å²) in [6.45, 7) is 8.49. The molecule has 2 aliphatic heterocycles. The second-order valence-corrected chi connectivity index (χ2v) is 6.61. The lowest BCUT2D eigenvalue weighted by Gasteiger charge is -2.35. The van der Waals surface area contributed by atoms with E-state index in [4.69, 9.17) is 5.73 Å². The van der Waals surface area contributed by atoms with Gasteiger partial charge in [-0.1, -0.05) is 6.92 Å². The quantitative estimate of drug-likeness (QED) is 0.806. The fraction of sp³-hybridized carbons (Fsp3) is 0.938. The summed E-state index contributed by atoms with van der Waals surface area (Å²) in [5.74, 6) is 1.29. The Bertz CT molecular complexity index is 294. The fourth-order valence-corrected chi connectivity index (χ4v) is 3.53. The Morgan fingerprint density at radius 1 is 1.20 bits per heavy atom. The maximum absolute atomic E-state index is 12.3. The molecule has 0 radical (unpaired) electrons. The summed E-state index contributed by atoms with van der Waals surface area (Å²) >= 11 is 0. The van der Waals surface area contributed by atoms with Crippen LogP contribution in [0.25, 0.3) is 0 Å². The molecule has 2 aliphatic rings. The summed E-state index contributed by atoms with van der Waals surface area (Å²) in [6, 6.07) is 0. The van der Waals surface area contributed by atoms with Crippen molar-refractivity contribution < 1.29 is 4.79 Å². The third-order valence-corrected chi connectivity index (χ3v) is 4.90. The Labute approximate surface area is 123 Å². The van der Waals surface area contributed by atoms with E-state index in [1.165, 1.54) is 45.3 Å². The lowest BCUT2D eigenvalue weighted by atomic mass is 9.94. The van der Waals surface area contributed by atoms with Gasteiger partial charge in [-0.05, 0) is 64.1 Å². The van der Waals surface area contributed by atoms with Crippen LogP contribution in [0.5, 0.6) is 0 Å². The molecule has 2 saturated heterocycles. The molecule has 0 aromatic heterocycles. The van der Waals surface area contributed by atoms with Crippen LogP contribution >= 0.6 is 0 Å². The predicted octanol–water partition coefficient (Wildman–Crippen LogP) is 1.70. The molecule has 1 amide bonds. The number of carbonyl (C=O) groups excluding carboxylic acids is 1. The molecule has 20 heavy (non-hydrogen) atoms. The molecule has 2 fully saturated rings. The zero-order valence-corrected chi connectivity index (χ0v) is 13.0. The normalized spacial score (nSPS) is 23.2. The Hall–Kier alpha value is -0.610. The first-order valence-corrected chi connectivity index (χ1v) is 8.42. The van der Waals surface area contributed by atoms with Crippen LogP contribution in [-0.4, -0.2) is 55.0 Å². The van der Waals surface area contributed by atoms with Crippen LogP contribution in [0, 0.1) is 11.8 Å². The van der Waals surface area contributed by atoms with Crippen molar-refractivity contribution >= 4 is 5.91 Å². The van der Waals surface area contributed by atoms with Gasteiger partial charge in [0.1, 0.15) is 0 Å². The maximum atomic E-state index is 12.3. The van der Waals surface area contributed by atoms with Gasteiger partial charge in [0, 0.05) is 25.6 Å². The van der Waals surface area contributed by atoms with Crippen molar-refractivity contribution in [1.29, 1.82) is 0 Å². The molecular weight excluding hydrogens is 250 g/mol.